The fourth-order valence-electron chi connectivity index (χ4n) is 7.72. The zero-order valence-electron chi connectivity index (χ0n) is 23.0. The van der Waals surface area contributed by atoms with E-state index in [1.165, 1.54) is 43.4 Å². The van der Waals surface area contributed by atoms with Crippen molar-refractivity contribution in [2.45, 2.75) is 69.4 Å². The summed E-state index contributed by atoms with van der Waals surface area (Å²) >= 11 is 0. The van der Waals surface area contributed by atoms with Crippen molar-refractivity contribution in [1.29, 1.82) is 0 Å². The molecular formula is C31H38N2O7. The van der Waals surface area contributed by atoms with Gasteiger partial charge >= 0.3 is 0 Å². The first-order chi connectivity index (χ1) is 18.9. The number of nitrogens with zero attached hydrogens (tertiary/aromatic N) is 1. The third kappa shape index (κ3) is 4.16. The number of carbonyl (C=O) groups excluding carboxylic acids is 3. The average molecular weight is 551 g/mol. The van der Waals surface area contributed by atoms with E-state index in [-0.39, 0.29) is 23.3 Å². The Morgan fingerprint density at radius 2 is 1.70 bits per heavy atom. The van der Waals surface area contributed by atoms with Crippen molar-refractivity contribution in [2.24, 2.45) is 35.3 Å². The molecule has 0 unspecified atom stereocenters. The molecule has 0 spiro atoms. The summed E-state index contributed by atoms with van der Waals surface area (Å²) < 4.78 is 0. The van der Waals surface area contributed by atoms with Crippen molar-refractivity contribution in [3.8, 4) is 5.75 Å². The Balaban J connectivity index is 1.44. The first kappa shape index (κ1) is 27.0. The number of aliphatic hydroxyl groups is 3. The molecular weight excluding hydrogens is 512 g/mol. The van der Waals surface area contributed by atoms with Crippen molar-refractivity contribution >= 4 is 23.2 Å². The number of hydrogen-bond donors (Lipinski definition) is 5. The van der Waals surface area contributed by atoms with Crippen LogP contribution >= 0.6 is 0 Å². The molecule has 3 fully saturated rings. The molecule has 40 heavy (non-hydrogen) atoms. The Bertz CT molecular complexity index is 1360. The van der Waals surface area contributed by atoms with Gasteiger partial charge in [0, 0.05) is 11.5 Å². The van der Waals surface area contributed by atoms with Crippen LogP contribution in [0.4, 0.5) is 0 Å². The Morgan fingerprint density at radius 1 is 1.07 bits per heavy atom. The maximum absolute atomic E-state index is 14.0. The van der Waals surface area contributed by atoms with Crippen molar-refractivity contribution in [2.75, 3.05) is 14.1 Å². The number of amides is 1. The molecule has 0 heterocycles. The molecule has 9 heteroatoms. The summed E-state index contributed by atoms with van der Waals surface area (Å²) in [5.74, 6) is -4.14. The quantitative estimate of drug-likeness (QED) is 0.309. The van der Waals surface area contributed by atoms with Gasteiger partial charge in [0.15, 0.2) is 11.4 Å². The third-order valence-electron chi connectivity index (χ3n) is 9.94. The predicted octanol–water partition coefficient (Wildman–Crippen LogP) is 2.72. The molecule has 0 aliphatic heterocycles. The second-order valence-electron chi connectivity index (χ2n) is 13.0. The lowest BCUT2D eigenvalue weighted by atomic mass is 9.57. The van der Waals surface area contributed by atoms with E-state index in [1.54, 1.807) is 20.2 Å². The number of carbonyl (C=O) groups is 3. The number of benzene rings is 1. The maximum atomic E-state index is 14.0. The van der Waals surface area contributed by atoms with Gasteiger partial charge < -0.3 is 26.2 Å². The Kier molecular flexibility index (Phi) is 6.38. The summed E-state index contributed by atoms with van der Waals surface area (Å²) in [4.78, 5) is 40.9. The standard InChI is InChI=1S/C31H38N2O7/c1-33(2)25-20-13-18-12-19-17(11-16(9-14-3-4-14)10-15-5-6-15)7-8-21(34)23(19)26(35)22(18)28(37)31(20,40)29(38)24(27(25)36)30(32)39/h7-8,14-16,18,20,25,34-35,38,40H,3-6,9-13H2,1-2H3,(H2,32,39)/t18-,20-,25-,31-/m0/s1. The summed E-state index contributed by atoms with van der Waals surface area (Å²) in [6.07, 6.45) is 8.75. The highest BCUT2D eigenvalue weighted by molar-refractivity contribution is 6.24. The van der Waals surface area contributed by atoms with Crippen molar-refractivity contribution < 1.29 is 34.8 Å². The van der Waals surface area contributed by atoms with Crippen LogP contribution in [0.2, 0.25) is 0 Å². The van der Waals surface area contributed by atoms with Gasteiger partial charge in [0.05, 0.1) is 11.6 Å². The Morgan fingerprint density at radius 3 is 2.25 bits per heavy atom. The van der Waals surface area contributed by atoms with E-state index in [0.29, 0.717) is 12.3 Å². The number of phenols is 1. The fraction of sp³-hybridized carbons (Fsp3) is 0.581. The van der Waals surface area contributed by atoms with E-state index in [2.05, 4.69) is 0 Å². The van der Waals surface area contributed by atoms with Gasteiger partial charge in [0.1, 0.15) is 22.8 Å². The molecule has 1 aromatic carbocycles. The first-order valence-electron chi connectivity index (χ1n) is 14.4. The van der Waals surface area contributed by atoms with E-state index in [0.717, 1.165) is 29.4 Å². The molecule has 6 N–H and O–H groups in total. The number of aliphatic hydroxyl groups excluding tert-OH is 2. The highest BCUT2D eigenvalue weighted by Gasteiger charge is 2.64. The summed E-state index contributed by atoms with van der Waals surface area (Å²) in [5.41, 5.74) is 3.89. The lowest BCUT2D eigenvalue weighted by Crippen LogP contribution is -2.65. The minimum atomic E-state index is -2.61. The van der Waals surface area contributed by atoms with E-state index >= 15 is 0 Å². The van der Waals surface area contributed by atoms with Gasteiger partial charge in [0.25, 0.3) is 5.91 Å². The lowest BCUT2D eigenvalue weighted by Gasteiger charge is -2.50. The number of primary amides is 1. The van der Waals surface area contributed by atoms with Crippen LogP contribution in [-0.2, 0) is 27.2 Å². The third-order valence-corrected chi connectivity index (χ3v) is 9.94. The molecule has 0 bridgehead atoms. The number of fused-ring (bicyclic) bond motifs is 3. The van der Waals surface area contributed by atoms with Crippen LogP contribution < -0.4 is 5.73 Å². The van der Waals surface area contributed by atoms with Crippen LogP contribution in [0.5, 0.6) is 5.75 Å². The van der Waals surface area contributed by atoms with Gasteiger partial charge in [-0.2, -0.15) is 0 Å². The molecule has 6 rings (SSSR count). The maximum Gasteiger partial charge on any atom is 0.255 e. The first-order valence-corrected chi connectivity index (χ1v) is 14.4. The van der Waals surface area contributed by atoms with Crippen LogP contribution in [0.3, 0.4) is 0 Å². The van der Waals surface area contributed by atoms with Gasteiger partial charge in [-0.3, -0.25) is 19.3 Å². The highest BCUT2D eigenvalue weighted by Crippen LogP contribution is 2.53. The normalized spacial score (nSPS) is 30.1. The number of aromatic hydroxyl groups is 1. The van der Waals surface area contributed by atoms with E-state index in [4.69, 9.17) is 5.73 Å². The molecule has 1 amide bonds. The van der Waals surface area contributed by atoms with Crippen LogP contribution in [-0.4, -0.2) is 68.5 Å². The zero-order valence-corrected chi connectivity index (χ0v) is 23.0. The van der Waals surface area contributed by atoms with Gasteiger partial charge in [-0.15, -0.1) is 0 Å². The number of Topliss-reactive ketones (excluding diaryl/α,β-unsaturated/α-hetero) is 2. The smallest absolute Gasteiger partial charge is 0.255 e. The summed E-state index contributed by atoms with van der Waals surface area (Å²) in [6.45, 7) is 0. The number of likely N-dealkylation sites (N-methyl/N-ethyl adjacent to an activating group) is 1. The van der Waals surface area contributed by atoms with Gasteiger partial charge in [-0.25, -0.2) is 0 Å². The zero-order chi connectivity index (χ0) is 28.7. The average Bonchev–Trinajstić information content (AvgIpc) is 3.80. The van der Waals surface area contributed by atoms with E-state index in [9.17, 15) is 34.8 Å². The molecule has 4 atom stereocenters. The summed E-state index contributed by atoms with van der Waals surface area (Å²) in [7, 11) is 3.20. The molecule has 214 valence electrons. The molecule has 1 aromatic rings. The van der Waals surface area contributed by atoms with Crippen LogP contribution in [0.15, 0.2) is 29.0 Å². The van der Waals surface area contributed by atoms with E-state index in [1.807, 2.05) is 6.07 Å². The number of phenolic OH excluding ortho intramolecular Hbond substituents is 1. The van der Waals surface area contributed by atoms with E-state index < -0.39 is 58.0 Å². The minimum Gasteiger partial charge on any atom is -0.508 e. The fourth-order valence-corrected chi connectivity index (χ4v) is 7.72. The minimum absolute atomic E-state index is 0.103. The van der Waals surface area contributed by atoms with Gasteiger partial charge in [-0.1, -0.05) is 31.7 Å². The van der Waals surface area contributed by atoms with Gasteiger partial charge in [-0.05, 0) is 87.1 Å². The Labute approximate surface area is 233 Å². The highest BCUT2D eigenvalue weighted by atomic mass is 16.3. The summed E-state index contributed by atoms with van der Waals surface area (Å²) in [6, 6.07) is 2.38. The van der Waals surface area contributed by atoms with Crippen LogP contribution in [0.25, 0.3) is 5.76 Å². The topological polar surface area (TPSA) is 161 Å². The van der Waals surface area contributed by atoms with Crippen LogP contribution in [0, 0.1) is 29.6 Å². The molecule has 0 saturated heterocycles. The summed E-state index contributed by atoms with van der Waals surface area (Å²) in [5, 5.41) is 45.1. The second-order valence-corrected chi connectivity index (χ2v) is 13.0. The van der Waals surface area contributed by atoms with Crippen LogP contribution in [0.1, 0.15) is 61.6 Å². The largest absolute Gasteiger partial charge is 0.508 e. The second kappa shape index (κ2) is 9.45. The number of nitrogens with two attached hydrogens (primary N) is 1. The van der Waals surface area contributed by atoms with Crippen molar-refractivity contribution in [1.82, 2.24) is 4.90 Å². The molecule has 0 radical (unpaired) electrons. The molecule has 5 aliphatic rings. The number of ketones is 2. The number of rotatable bonds is 8. The van der Waals surface area contributed by atoms with Gasteiger partial charge in [0.2, 0.25) is 5.78 Å². The lowest BCUT2D eigenvalue weighted by molar-refractivity contribution is -0.153. The monoisotopic (exact) mass is 550 g/mol. The molecule has 9 nitrogen and oxygen atoms in total. The predicted molar refractivity (Wildman–Crippen MR) is 146 cm³/mol. The Hall–Kier alpha value is -3.17. The van der Waals surface area contributed by atoms with Crippen molar-refractivity contribution in [3.05, 3.63) is 45.7 Å². The SMILES string of the molecule is CN(C)[C@@H]1C(=O)C(C(N)=O)=C(O)[C@@]2(O)C(=O)C3=C(O)c4c(O)ccc(CC(CC5CC5)CC5CC5)c4C[C@H]3C[C@@H]12. The molecule has 5 aliphatic carbocycles. The molecule has 0 aromatic heterocycles. The van der Waals surface area contributed by atoms with Crippen molar-refractivity contribution in [3.63, 3.8) is 0 Å². The molecule has 3 saturated carbocycles. The number of hydrogen-bond acceptors (Lipinski definition) is 8.